The molecule has 12 heteroatoms. The third kappa shape index (κ3) is 25.0. The topological polar surface area (TPSA) is 104 Å². The summed E-state index contributed by atoms with van der Waals surface area (Å²) in [6.45, 7) is 13.8. The van der Waals surface area contributed by atoms with Crippen molar-refractivity contribution in [1.82, 2.24) is 19.9 Å². The molecule has 2 aromatic carbocycles. The predicted octanol–water partition coefficient (Wildman–Crippen LogP) is 16.0. The molecular formula is C53H78N4O4S4. The molecule has 0 bridgehead atoms. The fraction of sp³-hybridized carbons (Fsp3) is 0.585. The SMILES string of the molecule is CCCCCCCCOC(=O)[C@@H](C)Sc1ccc(-c2cnc(SCCCCC)nc2)cc1.CCCCCCCCOC(=O)[C@@H](C)Sc1ccc(-c2cnc(SCCCCCC)nc2)cc1. The van der Waals surface area contributed by atoms with Crippen molar-refractivity contribution in [2.45, 2.75) is 194 Å². The van der Waals surface area contributed by atoms with Gasteiger partial charge in [0.15, 0.2) is 10.3 Å². The van der Waals surface area contributed by atoms with E-state index in [2.05, 4.69) is 71.9 Å². The van der Waals surface area contributed by atoms with Gasteiger partial charge in [0, 0.05) is 57.2 Å². The van der Waals surface area contributed by atoms with Gasteiger partial charge in [-0.05, 0) is 74.9 Å². The minimum absolute atomic E-state index is 0.131. The molecule has 2 atom stereocenters. The van der Waals surface area contributed by atoms with Gasteiger partial charge in [-0.2, -0.15) is 0 Å². The lowest BCUT2D eigenvalue weighted by atomic mass is 10.1. The van der Waals surface area contributed by atoms with Gasteiger partial charge in [-0.1, -0.05) is 172 Å². The number of aromatic nitrogens is 4. The van der Waals surface area contributed by atoms with Crippen LogP contribution < -0.4 is 0 Å². The Morgan fingerprint density at radius 2 is 0.738 bits per heavy atom. The molecule has 0 amide bonds. The Morgan fingerprint density at radius 3 is 1.11 bits per heavy atom. The van der Waals surface area contributed by atoms with Crippen molar-refractivity contribution in [3.63, 3.8) is 0 Å². The number of hydrogen-bond donors (Lipinski definition) is 0. The van der Waals surface area contributed by atoms with Crippen LogP contribution in [-0.4, -0.2) is 67.1 Å². The van der Waals surface area contributed by atoms with Gasteiger partial charge in [0.05, 0.1) is 13.2 Å². The Balaban J connectivity index is 0.000000345. The van der Waals surface area contributed by atoms with Crippen molar-refractivity contribution in [3.05, 3.63) is 73.3 Å². The van der Waals surface area contributed by atoms with Crippen LogP contribution in [-0.2, 0) is 19.1 Å². The van der Waals surface area contributed by atoms with Crippen molar-refractivity contribution < 1.29 is 19.1 Å². The highest BCUT2D eigenvalue weighted by Gasteiger charge is 2.17. The van der Waals surface area contributed by atoms with Gasteiger partial charge in [-0.3, -0.25) is 9.59 Å². The van der Waals surface area contributed by atoms with Gasteiger partial charge in [0.25, 0.3) is 0 Å². The van der Waals surface area contributed by atoms with Crippen molar-refractivity contribution >= 4 is 59.0 Å². The van der Waals surface area contributed by atoms with Gasteiger partial charge < -0.3 is 9.47 Å². The normalized spacial score (nSPS) is 12.0. The van der Waals surface area contributed by atoms with Gasteiger partial charge in [0.2, 0.25) is 0 Å². The molecule has 4 rings (SSSR count). The Bertz CT molecular complexity index is 1820. The molecule has 0 aliphatic heterocycles. The number of rotatable bonds is 33. The van der Waals surface area contributed by atoms with Crippen LogP contribution in [0.25, 0.3) is 22.3 Å². The number of carbonyl (C=O) groups is 2. The summed E-state index contributed by atoms with van der Waals surface area (Å²) in [5.41, 5.74) is 4.17. The number of ether oxygens (including phenoxy) is 2. The highest BCUT2D eigenvalue weighted by molar-refractivity contribution is 8.01. The molecule has 358 valence electrons. The van der Waals surface area contributed by atoms with Crippen LogP contribution in [0.4, 0.5) is 0 Å². The number of nitrogens with zero attached hydrogens (tertiary/aromatic N) is 4. The third-order valence-corrected chi connectivity index (χ3v) is 14.7. The summed E-state index contributed by atoms with van der Waals surface area (Å²) in [5.74, 6) is 1.88. The van der Waals surface area contributed by atoms with Crippen molar-refractivity contribution in [2.75, 3.05) is 24.7 Å². The lowest BCUT2D eigenvalue weighted by Crippen LogP contribution is -2.17. The summed E-state index contributed by atoms with van der Waals surface area (Å²) < 4.78 is 10.9. The molecule has 0 N–H and O–H groups in total. The van der Waals surface area contributed by atoms with Crippen LogP contribution in [0.2, 0.25) is 0 Å². The van der Waals surface area contributed by atoms with E-state index in [1.54, 1.807) is 23.5 Å². The zero-order chi connectivity index (χ0) is 46.7. The van der Waals surface area contributed by atoms with Crippen LogP contribution in [0.15, 0.2) is 93.4 Å². The van der Waals surface area contributed by atoms with Gasteiger partial charge >= 0.3 is 11.9 Å². The van der Waals surface area contributed by atoms with Gasteiger partial charge in [-0.15, -0.1) is 23.5 Å². The average molecular weight is 963 g/mol. The Kier molecular flexibility index (Phi) is 31.2. The average Bonchev–Trinajstić information content (AvgIpc) is 3.33. The highest BCUT2D eigenvalue weighted by atomic mass is 32.2. The maximum absolute atomic E-state index is 12.3. The Morgan fingerprint density at radius 1 is 0.431 bits per heavy atom. The third-order valence-electron chi connectivity index (χ3n) is 10.6. The van der Waals surface area contributed by atoms with Crippen molar-refractivity contribution in [2.24, 2.45) is 0 Å². The fourth-order valence-corrected chi connectivity index (χ4v) is 9.89. The summed E-state index contributed by atoms with van der Waals surface area (Å²) in [6, 6.07) is 16.4. The first-order chi connectivity index (χ1) is 31.8. The van der Waals surface area contributed by atoms with E-state index in [9.17, 15) is 9.59 Å². The number of unbranched alkanes of at least 4 members (excludes halogenated alkanes) is 15. The minimum Gasteiger partial charge on any atom is -0.465 e. The fourth-order valence-electron chi connectivity index (χ4n) is 6.59. The van der Waals surface area contributed by atoms with E-state index in [1.165, 1.54) is 120 Å². The first-order valence-electron chi connectivity index (χ1n) is 24.5. The van der Waals surface area contributed by atoms with Gasteiger partial charge in [-0.25, -0.2) is 19.9 Å². The van der Waals surface area contributed by atoms with Crippen molar-refractivity contribution in [1.29, 1.82) is 0 Å². The molecule has 0 aliphatic rings. The molecule has 0 spiro atoms. The largest absolute Gasteiger partial charge is 0.465 e. The second kappa shape index (κ2) is 36.0. The van der Waals surface area contributed by atoms with E-state index in [0.29, 0.717) is 13.2 Å². The van der Waals surface area contributed by atoms with E-state index in [0.717, 1.165) is 79.5 Å². The van der Waals surface area contributed by atoms with Crippen LogP contribution in [0.5, 0.6) is 0 Å². The summed E-state index contributed by atoms with van der Waals surface area (Å²) in [4.78, 5) is 44.6. The predicted molar refractivity (Wildman–Crippen MR) is 279 cm³/mol. The van der Waals surface area contributed by atoms with Gasteiger partial charge in [0.1, 0.15) is 10.5 Å². The van der Waals surface area contributed by atoms with E-state index < -0.39 is 0 Å². The summed E-state index contributed by atoms with van der Waals surface area (Å²) in [6.07, 6.45) is 30.6. The van der Waals surface area contributed by atoms with E-state index in [-0.39, 0.29) is 22.4 Å². The number of esters is 2. The molecule has 0 unspecified atom stereocenters. The molecule has 0 saturated heterocycles. The maximum Gasteiger partial charge on any atom is 0.319 e. The van der Waals surface area contributed by atoms with Crippen LogP contribution in [0, 0.1) is 0 Å². The number of carbonyl (C=O) groups excluding carboxylic acids is 2. The van der Waals surface area contributed by atoms with E-state index in [4.69, 9.17) is 9.47 Å². The molecule has 8 nitrogen and oxygen atoms in total. The molecular weight excluding hydrogens is 885 g/mol. The smallest absolute Gasteiger partial charge is 0.319 e. The second-order valence-corrected chi connectivity index (χ2v) is 21.4. The monoisotopic (exact) mass is 962 g/mol. The van der Waals surface area contributed by atoms with E-state index >= 15 is 0 Å². The molecule has 4 aromatic rings. The molecule has 0 fully saturated rings. The molecule has 0 aliphatic carbocycles. The molecule has 0 radical (unpaired) electrons. The molecule has 2 heterocycles. The lowest BCUT2D eigenvalue weighted by Gasteiger charge is -2.12. The zero-order valence-corrected chi connectivity index (χ0v) is 43.7. The maximum atomic E-state index is 12.3. The number of benzene rings is 2. The standard InChI is InChI=1S/C27H40N2O2S2.C26H38N2O2S2/c1-4-6-8-10-11-12-18-31-26(30)22(3)33-25-16-14-23(15-17-25)24-20-28-27(29-21-24)32-19-13-9-7-5-2;1-4-6-8-9-10-11-17-30-25(29)21(3)32-24-15-13-22(14-16-24)23-19-27-26(28-20-23)31-18-12-7-5-2/h14-17,20-22H,4-13,18-19H2,1-3H3;13-16,19-21H,4-12,17-18H2,1-3H3/t22-;21-/m11/s1. The molecule has 0 saturated carbocycles. The Hall–Kier alpha value is -3.06. The second-order valence-electron chi connectivity index (χ2n) is 16.4. The minimum atomic E-state index is -0.215. The Labute approximate surface area is 410 Å². The summed E-state index contributed by atoms with van der Waals surface area (Å²) in [5, 5.41) is 1.25. The lowest BCUT2D eigenvalue weighted by molar-refractivity contribution is -0.143. The summed E-state index contributed by atoms with van der Waals surface area (Å²) >= 11 is 6.52. The van der Waals surface area contributed by atoms with Crippen molar-refractivity contribution in [3.8, 4) is 22.3 Å². The first kappa shape index (κ1) is 56.3. The number of hydrogen-bond acceptors (Lipinski definition) is 12. The van der Waals surface area contributed by atoms with E-state index in [1.807, 2.05) is 62.9 Å². The first-order valence-corrected chi connectivity index (χ1v) is 28.3. The van der Waals surface area contributed by atoms with Crippen LogP contribution >= 0.6 is 47.0 Å². The number of thioether (sulfide) groups is 4. The molecule has 65 heavy (non-hydrogen) atoms. The highest BCUT2D eigenvalue weighted by Crippen LogP contribution is 2.29. The van der Waals surface area contributed by atoms with Crippen LogP contribution in [0.3, 0.4) is 0 Å². The zero-order valence-electron chi connectivity index (χ0n) is 40.4. The molecule has 2 aromatic heterocycles. The quantitative estimate of drug-likeness (QED) is 0.0196. The summed E-state index contributed by atoms with van der Waals surface area (Å²) in [7, 11) is 0. The van der Waals surface area contributed by atoms with Crippen LogP contribution in [0.1, 0.15) is 164 Å².